The average molecular weight is 351 g/mol. The summed E-state index contributed by atoms with van der Waals surface area (Å²) in [5.41, 5.74) is 1.10. The highest BCUT2D eigenvalue weighted by atomic mass is 32.1. The van der Waals surface area contributed by atoms with Crippen molar-refractivity contribution in [3.05, 3.63) is 15.6 Å². The van der Waals surface area contributed by atoms with Crippen LogP contribution in [0.4, 0.5) is 0 Å². The lowest BCUT2D eigenvalue weighted by Crippen LogP contribution is -2.43. The molecule has 1 amide bonds. The van der Waals surface area contributed by atoms with Crippen molar-refractivity contribution in [2.75, 3.05) is 13.6 Å². The minimum absolute atomic E-state index is 0.0429. The van der Waals surface area contributed by atoms with Crippen molar-refractivity contribution in [1.82, 2.24) is 15.2 Å². The van der Waals surface area contributed by atoms with Crippen LogP contribution in [0.2, 0.25) is 0 Å². The fourth-order valence-corrected chi connectivity index (χ4v) is 5.01. The number of amides is 1. The lowest BCUT2D eigenvalue weighted by Gasteiger charge is -2.29. The Hall–Kier alpha value is -1.02. The number of fused-ring (bicyclic) bond motifs is 2. The van der Waals surface area contributed by atoms with Crippen LogP contribution in [0, 0.1) is 0 Å². The van der Waals surface area contributed by atoms with Crippen LogP contribution in [-0.4, -0.2) is 53.4 Å². The van der Waals surface area contributed by atoms with E-state index in [1.54, 1.807) is 0 Å². The number of rotatable bonds is 2. The maximum atomic E-state index is 12.6. The lowest BCUT2D eigenvalue weighted by atomic mass is 9.90. The van der Waals surface area contributed by atoms with E-state index in [0.29, 0.717) is 5.01 Å². The van der Waals surface area contributed by atoms with Crippen LogP contribution in [0.1, 0.15) is 53.5 Å². The average Bonchev–Trinajstić information content (AvgIpc) is 3.05. The Bertz CT molecular complexity index is 645. The molecule has 4 rings (SSSR count). The second-order valence-corrected chi connectivity index (χ2v) is 8.66. The molecule has 3 atom stereocenters. The molecule has 2 fully saturated rings. The summed E-state index contributed by atoms with van der Waals surface area (Å²) in [6, 6.07) is 0.139. The van der Waals surface area contributed by atoms with Gasteiger partial charge < -0.3 is 19.7 Å². The van der Waals surface area contributed by atoms with E-state index in [4.69, 9.17) is 9.47 Å². The summed E-state index contributed by atoms with van der Waals surface area (Å²) in [7, 11) is 2.10. The Morgan fingerprint density at radius 3 is 2.96 bits per heavy atom. The van der Waals surface area contributed by atoms with Gasteiger partial charge in [-0.05, 0) is 40.2 Å². The number of likely N-dealkylation sites (N-methyl/N-ethyl adjacent to an activating group) is 1. The number of hydrogen-bond donors (Lipinski definition) is 1. The van der Waals surface area contributed by atoms with Crippen LogP contribution >= 0.6 is 11.3 Å². The largest absolute Gasteiger partial charge is 0.347 e. The van der Waals surface area contributed by atoms with Crippen molar-refractivity contribution in [2.45, 2.75) is 70.1 Å². The molecule has 0 radical (unpaired) electrons. The second kappa shape index (κ2) is 6.05. The molecule has 3 aliphatic rings. The fraction of sp³-hybridized carbons (Fsp3) is 0.765. The zero-order valence-corrected chi connectivity index (χ0v) is 15.3. The van der Waals surface area contributed by atoms with E-state index in [9.17, 15) is 4.79 Å². The molecule has 2 aliphatic heterocycles. The van der Waals surface area contributed by atoms with Gasteiger partial charge in [0, 0.05) is 30.4 Å². The maximum Gasteiger partial charge on any atom is 0.280 e. The van der Waals surface area contributed by atoms with Crippen molar-refractivity contribution in [3.63, 3.8) is 0 Å². The van der Waals surface area contributed by atoms with Crippen molar-refractivity contribution in [3.8, 4) is 0 Å². The van der Waals surface area contributed by atoms with Gasteiger partial charge >= 0.3 is 0 Å². The lowest BCUT2D eigenvalue weighted by molar-refractivity contribution is -0.145. The standard InChI is InChI=1S/C17H25N3O3S/c1-17(2)22-12-5-4-10(8-13(12)23-17)18-15(21)16-19-11-6-7-20(3)9-14(11)24-16/h10,12-13H,4-9H2,1-3H3,(H,18,21)/t10-,12?,13?/m0/s1. The molecule has 1 aromatic heterocycles. The molecule has 24 heavy (non-hydrogen) atoms. The number of hydrogen-bond acceptors (Lipinski definition) is 6. The highest BCUT2D eigenvalue weighted by Crippen LogP contribution is 2.36. The van der Waals surface area contributed by atoms with Gasteiger partial charge in [-0.3, -0.25) is 4.79 Å². The van der Waals surface area contributed by atoms with Gasteiger partial charge in [-0.2, -0.15) is 0 Å². The van der Waals surface area contributed by atoms with E-state index in [1.165, 1.54) is 16.2 Å². The second-order valence-electron chi connectivity index (χ2n) is 7.57. The third-order valence-corrected chi connectivity index (χ3v) is 6.13. The first-order valence-corrected chi connectivity index (χ1v) is 9.55. The van der Waals surface area contributed by atoms with Gasteiger partial charge in [0.15, 0.2) is 10.8 Å². The molecule has 1 N–H and O–H groups in total. The molecule has 0 aromatic carbocycles. The van der Waals surface area contributed by atoms with E-state index >= 15 is 0 Å². The predicted octanol–water partition coefficient (Wildman–Crippen LogP) is 1.93. The molecule has 1 saturated heterocycles. The predicted molar refractivity (Wildman–Crippen MR) is 91.1 cm³/mol. The van der Waals surface area contributed by atoms with Gasteiger partial charge in [0.05, 0.1) is 17.9 Å². The first kappa shape index (κ1) is 16.4. The number of carbonyl (C=O) groups excluding carboxylic acids is 1. The van der Waals surface area contributed by atoms with Gasteiger partial charge in [-0.1, -0.05) is 0 Å². The van der Waals surface area contributed by atoms with E-state index < -0.39 is 5.79 Å². The Morgan fingerprint density at radius 2 is 2.12 bits per heavy atom. The van der Waals surface area contributed by atoms with Crippen LogP contribution in [0.25, 0.3) is 0 Å². The zero-order valence-electron chi connectivity index (χ0n) is 14.5. The number of aromatic nitrogens is 1. The Labute approximate surface area is 146 Å². The highest BCUT2D eigenvalue weighted by molar-refractivity contribution is 7.13. The highest BCUT2D eigenvalue weighted by Gasteiger charge is 2.44. The van der Waals surface area contributed by atoms with Gasteiger partial charge in [0.1, 0.15) is 0 Å². The molecule has 2 unspecified atom stereocenters. The van der Waals surface area contributed by atoms with Crippen molar-refractivity contribution in [1.29, 1.82) is 0 Å². The maximum absolute atomic E-state index is 12.6. The number of ether oxygens (including phenoxy) is 2. The molecule has 132 valence electrons. The summed E-state index contributed by atoms with van der Waals surface area (Å²) in [6.07, 6.45) is 3.85. The van der Waals surface area contributed by atoms with Crippen LogP contribution < -0.4 is 5.32 Å². The van der Waals surface area contributed by atoms with Gasteiger partial charge in [0.25, 0.3) is 5.91 Å². The number of nitrogens with zero attached hydrogens (tertiary/aromatic N) is 2. The fourth-order valence-electron chi connectivity index (χ4n) is 3.92. The smallest absolute Gasteiger partial charge is 0.280 e. The summed E-state index contributed by atoms with van der Waals surface area (Å²) in [5, 5.41) is 3.75. The Morgan fingerprint density at radius 1 is 1.33 bits per heavy atom. The van der Waals surface area contributed by atoms with Crippen LogP contribution in [0.15, 0.2) is 0 Å². The molecule has 7 heteroatoms. The van der Waals surface area contributed by atoms with E-state index in [-0.39, 0.29) is 24.2 Å². The monoisotopic (exact) mass is 351 g/mol. The molecule has 0 spiro atoms. The zero-order chi connectivity index (χ0) is 16.9. The third-order valence-electron chi connectivity index (χ3n) is 5.05. The first-order chi connectivity index (χ1) is 11.4. The van der Waals surface area contributed by atoms with E-state index in [0.717, 1.165) is 44.5 Å². The Kier molecular flexibility index (Phi) is 4.15. The van der Waals surface area contributed by atoms with E-state index in [2.05, 4.69) is 22.2 Å². The number of carbonyl (C=O) groups is 1. The Balaban J connectivity index is 1.38. The van der Waals surface area contributed by atoms with Gasteiger partial charge in [-0.15, -0.1) is 11.3 Å². The summed E-state index contributed by atoms with van der Waals surface area (Å²) in [6.45, 7) is 5.82. The molecule has 1 saturated carbocycles. The van der Waals surface area contributed by atoms with Crippen LogP contribution in [-0.2, 0) is 22.4 Å². The normalized spacial score (nSPS) is 32.2. The summed E-state index contributed by atoms with van der Waals surface area (Å²) in [4.78, 5) is 20.6. The molecular formula is C17H25N3O3S. The van der Waals surface area contributed by atoms with Gasteiger partial charge in [0.2, 0.25) is 0 Å². The number of nitrogens with one attached hydrogen (secondary N) is 1. The van der Waals surface area contributed by atoms with E-state index in [1.807, 2.05) is 13.8 Å². The molecular weight excluding hydrogens is 326 g/mol. The van der Waals surface area contributed by atoms with Crippen molar-refractivity contribution < 1.29 is 14.3 Å². The quantitative estimate of drug-likeness (QED) is 0.882. The summed E-state index contributed by atoms with van der Waals surface area (Å²) in [5.74, 6) is -0.548. The SMILES string of the molecule is CN1CCc2nc(C(=O)N[C@H]3CCC4OC(C)(C)OC4C3)sc2C1. The first-order valence-electron chi connectivity index (χ1n) is 8.73. The molecule has 3 heterocycles. The summed E-state index contributed by atoms with van der Waals surface area (Å²) >= 11 is 1.53. The van der Waals surface area contributed by atoms with Crippen molar-refractivity contribution in [2.24, 2.45) is 0 Å². The molecule has 1 aromatic rings. The molecule has 6 nitrogen and oxygen atoms in total. The summed E-state index contributed by atoms with van der Waals surface area (Å²) < 4.78 is 11.9. The minimum atomic E-state index is -0.505. The van der Waals surface area contributed by atoms with Gasteiger partial charge in [-0.25, -0.2) is 4.98 Å². The third kappa shape index (κ3) is 3.22. The van der Waals surface area contributed by atoms with Crippen LogP contribution in [0.5, 0.6) is 0 Å². The van der Waals surface area contributed by atoms with Crippen LogP contribution in [0.3, 0.4) is 0 Å². The molecule has 1 aliphatic carbocycles. The topological polar surface area (TPSA) is 63.7 Å². The van der Waals surface area contributed by atoms with Crippen molar-refractivity contribution >= 4 is 17.2 Å². The number of thiazole rings is 1. The molecule has 0 bridgehead atoms. The minimum Gasteiger partial charge on any atom is -0.347 e.